The van der Waals surface area contributed by atoms with Gasteiger partial charge in [-0.25, -0.2) is 9.40 Å². The molecule has 3 rings (SSSR count). The van der Waals surface area contributed by atoms with Crippen molar-refractivity contribution in [3.05, 3.63) is 29.3 Å². The molecule has 1 aliphatic rings. The van der Waals surface area contributed by atoms with Crippen LogP contribution in [-0.4, -0.2) is 76.3 Å². The van der Waals surface area contributed by atoms with Gasteiger partial charge < -0.3 is 15.2 Å². The van der Waals surface area contributed by atoms with Crippen LogP contribution in [0.3, 0.4) is 0 Å². The molecule has 1 aliphatic carbocycles. The summed E-state index contributed by atoms with van der Waals surface area (Å²) in [4.78, 5) is 28.7. The van der Waals surface area contributed by atoms with Crippen molar-refractivity contribution in [2.24, 2.45) is 5.10 Å². The monoisotopic (exact) mass is 501 g/mol. The lowest BCUT2D eigenvalue weighted by atomic mass is 10.2. The number of H-pyrrole nitrogens is 1. The van der Waals surface area contributed by atoms with E-state index in [-0.39, 0.29) is 18.3 Å². The Morgan fingerprint density at radius 2 is 2.14 bits per heavy atom. The number of rotatable bonds is 10. The number of aromatic nitrogens is 3. The Morgan fingerprint density at radius 1 is 1.43 bits per heavy atom. The van der Waals surface area contributed by atoms with E-state index >= 15 is 0 Å². The van der Waals surface area contributed by atoms with Gasteiger partial charge in [0.1, 0.15) is 12.2 Å². The highest BCUT2D eigenvalue weighted by Crippen LogP contribution is 2.42. The van der Waals surface area contributed by atoms with Crippen LogP contribution in [0.5, 0.6) is 5.88 Å². The number of aliphatic hydroxyl groups excluding tert-OH is 1. The molecule has 0 bridgehead atoms. The van der Waals surface area contributed by atoms with Gasteiger partial charge in [-0.3, -0.25) is 19.6 Å². The average molecular weight is 501 g/mol. The number of alkyl halides is 3. The van der Waals surface area contributed by atoms with Crippen molar-refractivity contribution >= 4 is 29.7 Å². The Balaban J connectivity index is 1.96. The number of carbonyl (C=O) groups excluding carboxylic acids is 2. The van der Waals surface area contributed by atoms with Crippen LogP contribution in [0.2, 0.25) is 0 Å². The Labute approximate surface area is 196 Å². The first kappa shape index (κ1) is 25.9. The minimum Gasteiger partial charge on any atom is -0.467 e. The van der Waals surface area contributed by atoms with Gasteiger partial charge in [0.05, 0.1) is 11.4 Å². The molecular formula is C20H23F4N7O4. The van der Waals surface area contributed by atoms with Gasteiger partial charge >= 0.3 is 6.18 Å². The summed E-state index contributed by atoms with van der Waals surface area (Å²) in [6.07, 6.45) is -1.20. The van der Waals surface area contributed by atoms with E-state index < -0.39 is 48.4 Å². The number of anilines is 2. The van der Waals surface area contributed by atoms with Gasteiger partial charge in [-0.05, 0) is 25.8 Å². The fourth-order valence-electron chi connectivity index (χ4n) is 3.09. The quantitative estimate of drug-likeness (QED) is 0.149. The Kier molecular flexibility index (Phi) is 7.89. The molecular weight excluding hydrogens is 478 g/mol. The molecule has 2 heterocycles. The number of halogens is 4. The predicted molar refractivity (Wildman–Crippen MR) is 116 cm³/mol. The molecule has 0 aromatic carbocycles. The number of aliphatic hydroxyl groups is 1. The molecule has 1 saturated carbocycles. The van der Waals surface area contributed by atoms with Gasteiger partial charge in [-0.1, -0.05) is 0 Å². The molecule has 0 radical (unpaired) electrons. The van der Waals surface area contributed by atoms with E-state index in [1.54, 1.807) is 6.92 Å². The standard InChI is InChI=1S/C20H23F4N7O4/c1-3-31(10-33)15(8-32)29-30(2)17-13(21)6-12(19(27-17)35-9-20(22,23)24)18(34)26-14-7-25-28-16(14)11-4-5-11/h6-7,10-11,32H,3-5,8-9H2,1-2H3,(H,25,28)(H,26,34)/b29-15-. The van der Waals surface area contributed by atoms with Crippen LogP contribution in [-0.2, 0) is 4.79 Å². The number of ether oxygens (including phenoxy) is 1. The molecule has 0 spiro atoms. The summed E-state index contributed by atoms with van der Waals surface area (Å²) in [5.41, 5.74) is 0.315. The number of carbonyl (C=O) groups is 2. The Hall–Kier alpha value is -3.75. The van der Waals surface area contributed by atoms with Crippen LogP contribution in [0.1, 0.15) is 41.7 Å². The number of pyridine rings is 1. The zero-order valence-electron chi connectivity index (χ0n) is 18.8. The predicted octanol–water partition coefficient (Wildman–Crippen LogP) is 2.23. The average Bonchev–Trinajstić information content (AvgIpc) is 3.55. The van der Waals surface area contributed by atoms with E-state index in [2.05, 4.69) is 25.6 Å². The molecule has 0 saturated heterocycles. The summed E-state index contributed by atoms with van der Waals surface area (Å²) in [5.74, 6) is -3.48. The van der Waals surface area contributed by atoms with Crippen LogP contribution in [0, 0.1) is 5.82 Å². The second kappa shape index (κ2) is 10.7. The van der Waals surface area contributed by atoms with Crippen molar-refractivity contribution in [1.29, 1.82) is 0 Å². The number of hydrogen-bond acceptors (Lipinski definition) is 8. The van der Waals surface area contributed by atoms with E-state index in [1.807, 2.05) is 0 Å². The highest BCUT2D eigenvalue weighted by molar-refractivity contribution is 6.06. The van der Waals surface area contributed by atoms with Gasteiger partial charge in [0.15, 0.2) is 24.1 Å². The number of likely N-dealkylation sites (N-methyl/N-ethyl adjacent to an activating group) is 1. The third-order valence-electron chi connectivity index (χ3n) is 4.93. The molecule has 11 nitrogen and oxygen atoms in total. The summed E-state index contributed by atoms with van der Waals surface area (Å²) in [6, 6.07) is 0.669. The third kappa shape index (κ3) is 6.44. The maximum Gasteiger partial charge on any atom is 0.422 e. The van der Waals surface area contributed by atoms with Crippen molar-refractivity contribution < 1.29 is 37.0 Å². The number of hydrazone groups is 1. The smallest absolute Gasteiger partial charge is 0.422 e. The van der Waals surface area contributed by atoms with Gasteiger partial charge in [0.25, 0.3) is 5.91 Å². The molecule has 2 amide bonds. The van der Waals surface area contributed by atoms with Crippen LogP contribution in [0.25, 0.3) is 0 Å². The largest absolute Gasteiger partial charge is 0.467 e. The van der Waals surface area contributed by atoms with Crippen molar-refractivity contribution in [2.45, 2.75) is 31.9 Å². The van der Waals surface area contributed by atoms with Crippen molar-refractivity contribution in [1.82, 2.24) is 20.1 Å². The number of nitrogens with zero attached hydrogens (tertiary/aromatic N) is 5. The van der Waals surface area contributed by atoms with Gasteiger partial charge in [0, 0.05) is 25.7 Å². The molecule has 15 heteroatoms. The summed E-state index contributed by atoms with van der Waals surface area (Å²) >= 11 is 0. The van der Waals surface area contributed by atoms with E-state index in [0.29, 0.717) is 23.9 Å². The molecule has 0 aliphatic heterocycles. The van der Waals surface area contributed by atoms with Crippen LogP contribution in [0.4, 0.5) is 29.1 Å². The van der Waals surface area contributed by atoms with Crippen molar-refractivity contribution in [2.75, 3.05) is 37.1 Å². The normalized spacial score (nSPS) is 14.0. The Morgan fingerprint density at radius 3 is 2.71 bits per heavy atom. The van der Waals surface area contributed by atoms with E-state index in [4.69, 9.17) is 4.74 Å². The zero-order chi connectivity index (χ0) is 25.8. The van der Waals surface area contributed by atoms with E-state index in [1.165, 1.54) is 13.2 Å². The van der Waals surface area contributed by atoms with Crippen LogP contribution < -0.4 is 15.1 Å². The summed E-state index contributed by atoms with van der Waals surface area (Å²) < 4.78 is 58.1. The van der Waals surface area contributed by atoms with E-state index in [0.717, 1.165) is 22.8 Å². The molecule has 0 atom stereocenters. The number of hydrogen-bond donors (Lipinski definition) is 3. The van der Waals surface area contributed by atoms with Crippen molar-refractivity contribution in [3.63, 3.8) is 0 Å². The molecule has 35 heavy (non-hydrogen) atoms. The molecule has 1 fully saturated rings. The maximum atomic E-state index is 14.9. The zero-order valence-corrected chi connectivity index (χ0v) is 18.8. The molecule has 190 valence electrons. The fourth-order valence-corrected chi connectivity index (χ4v) is 3.09. The van der Waals surface area contributed by atoms with Gasteiger partial charge in [-0.15, -0.1) is 0 Å². The van der Waals surface area contributed by atoms with Gasteiger partial charge in [0.2, 0.25) is 12.3 Å². The first-order chi connectivity index (χ1) is 16.6. The van der Waals surface area contributed by atoms with E-state index in [9.17, 15) is 32.3 Å². The summed E-state index contributed by atoms with van der Waals surface area (Å²) in [7, 11) is 1.19. The fraction of sp³-hybridized carbons (Fsp3) is 0.450. The van der Waals surface area contributed by atoms with Crippen molar-refractivity contribution in [3.8, 4) is 5.88 Å². The lowest BCUT2D eigenvalue weighted by molar-refractivity contribution is -0.154. The van der Waals surface area contributed by atoms with Crippen LogP contribution in [0.15, 0.2) is 17.4 Å². The number of aromatic amines is 1. The minimum atomic E-state index is -4.76. The lowest BCUT2D eigenvalue weighted by Gasteiger charge is -2.21. The van der Waals surface area contributed by atoms with Crippen LogP contribution >= 0.6 is 0 Å². The second-order valence-electron chi connectivity index (χ2n) is 7.55. The maximum absolute atomic E-state index is 14.9. The molecule has 2 aromatic rings. The summed E-state index contributed by atoms with van der Waals surface area (Å²) in [6.45, 7) is -0.732. The summed E-state index contributed by atoms with van der Waals surface area (Å²) in [5, 5.41) is 23.3. The Bertz CT molecular complexity index is 1100. The number of amides is 2. The SMILES string of the molecule is CCN(C=O)/C(CO)=N\N(C)c1nc(OCC(F)(F)F)c(C(=O)Nc2c[nH]nc2C2CC2)cc1F. The molecule has 2 aromatic heterocycles. The number of amidine groups is 1. The molecule has 0 unspecified atom stereocenters. The first-order valence-electron chi connectivity index (χ1n) is 10.5. The first-order valence-corrected chi connectivity index (χ1v) is 10.5. The highest BCUT2D eigenvalue weighted by atomic mass is 19.4. The topological polar surface area (TPSA) is 136 Å². The molecule has 3 N–H and O–H groups in total. The number of nitrogens with one attached hydrogen (secondary N) is 2. The minimum absolute atomic E-state index is 0.141. The highest BCUT2D eigenvalue weighted by Gasteiger charge is 2.32. The third-order valence-corrected chi connectivity index (χ3v) is 4.93. The lowest BCUT2D eigenvalue weighted by Crippen LogP contribution is -2.34. The van der Waals surface area contributed by atoms with Gasteiger partial charge in [-0.2, -0.15) is 28.4 Å². The second-order valence-corrected chi connectivity index (χ2v) is 7.55.